The lowest BCUT2D eigenvalue weighted by Crippen LogP contribution is -2.35. The van der Waals surface area contributed by atoms with E-state index in [2.05, 4.69) is 191 Å². The van der Waals surface area contributed by atoms with Crippen LogP contribution in [0.2, 0.25) is 0 Å². The van der Waals surface area contributed by atoms with E-state index in [9.17, 15) is 0 Å². The number of fused-ring (bicyclic) bond motifs is 7. The molecular formula is C50H35N5. The number of hydrogen-bond donors (Lipinski definition) is 0. The fraction of sp³-hybridized carbons (Fsp3) is 0.0400. The molecule has 5 nitrogen and oxygen atoms in total. The van der Waals surface area contributed by atoms with Crippen molar-refractivity contribution in [3.05, 3.63) is 205 Å². The van der Waals surface area contributed by atoms with Gasteiger partial charge in [0, 0.05) is 51.1 Å². The largest absolute Gasteiger partial charge is 0.333 e. The van der Waals surface area contributed by atoms with Crippen LogP contribution in [0.15, 0.2) is 198 Å². The van der Waals surface area contributed by atoms with Crippen LogP contribution in [0.4, 0.5) is 0 Å². The second kappa shape index (κ2) is 12.4. The predicted octanol–water partition coefficient (Wildman–Crippen LogP) is 11.9. The van der Waals surface area contributed by atoms with Crippen LogP contribution in [-0.2, 0) is 0 Å². The number of nitrogens with zero attached hydrogens (tertiary/aromatic N) is 5. The van der Waals surface area contributed by atoms with Crippen LogP contribution in [0, 0.1) is 0 Å². The molecule has 55 heavy (non-hydrogen) atoms. The van der Waals surface area contributed by atoms with E-state index in [1.54, 1.807) is 0 Å². The number of amidine groups is 2. The third-order valence-electron chi connectivity index (χ3n) is 11.1. The quantitative estimate of drug-likeness (QED) is 0.176. The minimum atomic E-state index is -0.252. The lowest BCUT2D eigenvalue weighted by atomic mass is 10.0. The normalized spacial score (nSPS) is 14.6. The summed E-state index contributed by atoms with van der Waals surface area (Å²) in [5.74, 6) is 1.60. The van der Waals surface area contributed by atoms with Gasteiger partial charge in [-0.2, -0.15) is 0 Å². The molecular weight excluding hydrogens is 671 g/mol. The van der Waals surface area contributed by atoms with E-state index >= 15 is 0 Å². The van der Waals surface area contributed by atoms with Crippen molar-refractivity contribution in [3.63, 3.8) is 0 Å². The van der Waals surface area contributed by atoms with Gasteiger partial charge in [0.2, 0.25) is 0 Å². The van der Waals surface area contributed by atoms with E-state index in [1.165, 1.54) is 43.4 Å². The molecule has 0 aliphatic carbocycles. The lowest BCUT2D eigenvalue weighted by Gasteiger charge is -2.32. The van der Waals surface area contributed by atoms with E-state index in [0.29, 0.717) is 0 Å². The Labute approximate surface area is 318 Å². The minimum absolute atomic E-state index is 0.252. The van der Waals surface area contributed by atoms with Crippen molar-refractivity contribution in [2.24, 2.45) is 9.98 Å². The molecule has 0 saturated carbocycles. The molecule has 1 atom stereocenters. The average Bonchev–Trinajstić information content (AvgIpc) is 3.75. The zero-order valence-corrected chi connectivity index (χ0v) is 30.2. The molecule has 2 aromatic heterocycles. The fourth-order valence-electron chi connectivity index (χ4n) is 8.54. The van der Waals surface area contributed by atoms with Crippen LogP contribution in [-0.4, -0.2) is 32.8 Å². The number of aliphatic imine (C=N–C) groups is 2. The van der Waals surface area contributed by atoms with Crippen LogP contribution < -0.4 is 0 Å². The van der Waals surface area contributed by atoms with E-state index in [-0.39, 0.29) is 6.17 Å². The molecule has 8 aromatic carbocycles. The molecule has 5 heteroatoms. The molecule has 1 unspecified atom stereocenters. The minimum Gasteiger partial charge on any atom is -0.333 e. The van der Waals surface area contributed by atoms with Crippen molar-refractivity contribution in [1.29, 1.82) is 0 Å². The van der Waals surface area contributed by atoms with Gasteiger partial charge in [0.1, 0.15) is 5.84 Å². The standard InChI is InChI=1S/C50H35N5/c1-53-49(51-48(34-16-4-2-5-17-34)52-50(53)37-28-27-33-15-8-9-18-35(33)29-37)36-19-14-22-39(30-36)55-45-26-13-11-24-41(45)43-31-42-40-23-10-12-25-44(40)54(46(42)32-47(43)55)38-20-6-3-7-21-38/h2-32,50H,1H3. The summed E-state index contributed by atoms with van der Waals surface area (Å²) in [6, 6.07) is 67.2. The van der Waals surface area contributed by atoms with E-state index in [4.69, 9.17) is 9.98 Å². The smallest absolute Gasteiger partial charge is 0.159 e. The van der Waals surface area contributed by atoms with Crippen molar-refractivity contribution >= 4 is 66.1 Å². The highest BCUT2D eigenvalue weighted by molar-refractivity contribution is 6.19. The van der Waals surface area contributed by atoms with Gasteiger partial charge < -0.3 is 14.0 Å². The summed E-state index contributed by atoms with van der Waals surface area (Å²) in [6.07, 6.45) is -0.252. The Balaban J connectivity index is 1.11. The van der Waals surface area contributed by atoms with Crippen molar-refractivity contribution in [3.8, 4) is 11.4 Å². The highest BCUT2D eigenvalue weighted by Gasteiger charge is 2.27. The molecule has 10 aromatic rings. The Hall–Kier alpha value is -7.24. The van der Waals surface area contributed by atoms with Gasteiger partial charge in [0.05, 0.1) is 22.1 Å². The number of para-hydroxylation sites is 3. The van der Waals surface area contributed by atoms with Gasteiger partial charge >= 0.3 is 0 Å². The SMILES string of the molecule is CN1C(c2cccc(-n3c4ccccc4c4cc5c6ccccc6n(-c6ccccc6)c5cc43)c2)=NC(c2ccccc2)=NC1c1ccc2ccccc2c1. The molecule has 0 spiro atoms. The molecule has 260 valence electrons. The second-order valence-electron chi connectivity index (χ2n) is 14.3. The first-order valence-corrected chi connectivity index (χ1v) is 18.8. The second-order valence-corrected chi connectivity index (χ2v) is 14.3. The summed E-state index contributed by atoms with van der Waals surface area (Å²) < 4.78 is 4.81. The van der Waals surface area contributed by atoms with Crippen molar-refractivity contribution in [2.45, 2.75) is 6.17 Å². The van der Waals surface area contributed by atoms with E-state index in [0.717, 1.165) is 50.8 Å². The summed E-state index contributed by atoms with van der Waals surface area (Å²) in [5.41, 5.74) is 10.1. The van der Waals surface area contributed by atoms with Gasteiger partial charge in [0.15, 0.2) is 12.0 Å². The number of rotatable bonds is 5. The Kier molecular flexibility index (Phi) is 7.07. The van der Waals surface area contributed by atoms with Crippen LogP contribution in [0.25, 0.3) is 65.8 Å². The molecule has 1 aliphatic heterocycles. The molecule has 11 rings (SSSR count). The van der Waals surface area contributed by atoms with Crippen molar-refractivity contribution in [2.75, 3.05) is 7.05 Å². The maximum Gasteiger partial charge on any atom is 0.159 e. The molecule has 0 amide bonds. The fourth-order valence-corrected chi connectivity index (χ4v) is 8.54. The first kappa shape index (κ1) is 31.3. The van der Waals surface area contributed by atoms with E-state index < -0.39 is 0 Å². The first-order chi connectivity index (χ1) is 27.2. The molecule has 0 N–H and O–H groups in total. The van der Waals surface area contributed by atoms with Gasteiger partial charge in [-0.05, 0) is 70.9 Å². The van der Waals surface area contributed by atoms with Crippen LogP contribution >= 0.6 is 0 Å². The maximum atomic E-state index is 5.28. The summed E-state index contributed by atoms with van der Waals surface area (Å²) in [5, 5.41) is 7.36. The number of aromatic nitrogens is 2. The summed E-state index contributed by atoms with van der Waals surface area (Å²) in [6.45, 7) is 0. The van der Waals surface area contributed by atoms with Gasteiger partial charge in [0.25, 0.3) is 0 Å². The molecule has 3 heterocycles. The van der Waals surface area contributed by atoms with Gasteiger partial charge in [-0.25, -0.2) is 9.98 Å². The zero-order chi connectivity index (χ0) is 36.5. The van der Waals surface area contributed by atoms with Crippen LogP contribution in [0.5, 0.6) is 0 Å². The number of benzene rings is 8. The predicted molar refractivity (Wildman–Crippen MR) is 229 cm³/mol. The third-order valence-corrected chi connectivity index (χ3v) is 11.1. The summed E-state index contributed by atoms with van der Waals surface area (Å²) in [7, 11) is 2.11. The van der Waals surface area contributed by atoms with Gasteiger partial charge in [-0.15, -0.1) is 0 Å². The third kappa shape index (κ3) is 5.01. The zero-order valence-electron chi connectivity index (χ0n) is 30.2. The summed E-state index contributed by atoms with van der Waals surface area (Å²) in [4.78, 5) is 12.8. The lowest BCUT2D eigenvalue weighted by molar-refractivity contribution is 0.383. The van der Waals surface area contributed by atoms with Crippen molar-refractivity contribution < 1.29 is 0 Å². The maximum absolute atomic E-state index is 5.28. The topological polar surface area (TPSA) is 37.8 Å². The van der Waals surface area contributed by atoms with E-state index in [1.807, 2.05) is 18.2 Å². The Morgan fingerprint density at radius 3 is 1.73 bits per heavy atom. The van der Waals surface area contributed by atoms with Gasteiger partial charge in [-0.3, -0.25) is 0 Å². The number of hydrogen-bond acceptors (Lipinski definition) is 3. The van der Waals surface area contributed by atoms with Gasteiger partial charge in [-0.1, -0.05) is 133 Å². The summed E-state index contributed by atoms with van der Waals surface area (Å²) >= 11 is 0. The first-order valence-electron chi connectivity index (χ1n) is 18.8. The highest BCUT2D eigenvalue weighted by Crippen LogP contribution is 2.40. The van der Waals surface area contributed by atoms with Crippen LogP contribution in [0.3, 0.4) is 0 Å². The molecule has 0 saturated heterocycles. The average molecular weight is 706 g/mol. The highest BCUT2D eigenvalue weighted by atomic mass is 15.3. The Bertz CT molecular complexity index is 3170. The molecule has 0 bridgehead atoms. The van der Waals surface area contributed by atoms with Crippen molar-refractivity contribution in [1.82, 2.24) is 14.0 Å². The molecule has 1 aliphatic rings. The molecule has 0 radical (unpaired) electrons. The monoisotopic (exact) mass is 705 g/mol. The Morgan fingerprint density at radius 1 is 0.418 bits per heavy atom. The Morgan fingerprint density at radius 2 is 1.00 bits per heavy atom. The van der Waals surface area contributed by atoms with Crippen LogP contribution in [0.1, 0.15) is 22.9 Å². The molecule has 0 fully saturated rings.